The first-order chi connectivity index (χ1) is 13.3. The Balaban J connectivity index is 1.84. The zero-order valence-electron chi connectivity index (χ0n) is 15.5. The molecule has 0 bridgehead atoms. The van der Waals surface area contributed by atoms with Crippen LogP contribution in [0.25, 0.3) is 22.3 Å². The van der Waals surface area contributed by atoms with E-state index in [-0.39, 0.29) is 23.8 Å². The highest BCUT2D eigenvalue weighted by atomic mass is 16.5. The molecule has 0 radical (unpaired) electrons. The van der Waals surface area contributed by atoms with Gasteiger partial charge in [0.1, 0.15) is 12.4 Å². The maximum atomic E-state index is 13.1. The molecule has 5 rings (SSSR count). The number of fused-ring (bicyclic) bond motifs is 5. The lowest BCUT2D eigenvalue weighted by Gasteiger charge is -2.31. The molecule has 0 aliphatic carbocycles. The molecule has 142 valence electrons. The fourth-order valence-electron chi connectivity index (χ4n) is 4.32. The molecule has 0 unspecified atom stereocenters. The number of pyridine rings is 2. The van der Waals surface area contributed by atoms with E-state index in [0.717, 1.165) is 28.5 Å². The normalized spacial score (nSPS) is 19.9. The number of aryl methyl sites for hydroxylation is 1. The first-order valence-corrected chi connectivity index (χ1v) is 9.19. The number of rotatable bonds is 1. The van der Waals surface area contributed by atoms with Crippen LogP contribution in [-0.4, -0.2) is 25.7 Å². The van der Waals surface area contributed by atoms with Gasteiger partial charge in [-0.05, 0) is 43.2 Å². The number of benzene rings is 1. The van der Waals surface area contributed by atoms with Gasteiger partial charge in [-0.15, -0.1) is 0 Å². The lowest BCUT2D eigenvalue weighted by atomic mass is 9.89. The van der Waals surface area contributed by atoms with Gasteiger partial charge in [0, 0.05) is 16.5 Å². The fourth-order valence-corrected chi connectivity index (χ4v) is 4.32. The van der Waals surface area contributed by atoms with Crippen LogP contribution in [0.1, 0.15) is 36.1 Å². The number of nitrogens with one attached hydrogen (secondary N) is 1. The molecule has 0 saturated heterocycles. The van der Waals surface area contributed by atoms with Gasteiger partial charge in [0.05, 0.1) is 29.0 Å². The van der Waals surface area contributed by atoms with Crippen molar-refractivity contribution in [2.75, 3.05) is 0 Å². The highest BCUT2D eigenvalue weighted by molar-refractivity contribution is 5.90. The van der Waals surface area contributed by atoms with Crippen LogP contribution in [0.5, 0.6) is 5.75 Å². The smallest absolute Gasteiger partial charge is 0.258 e. The van der Waals surface area contributed by atoms with Gasteiger partial charge >= 0.3 is 0 Å². The van der Waals surface area contributed by atoms with Crippen molar-refractivity contribution in [1.82, 2.24) is 9.55 Å². The molecule has 1 aromatic carbocycles. The lowest BCUT2D eigenvalue weighted by Crippen LogP contribution is -2.42. The molecule has 2 aliphatic rings. The van der Waals surface area contributed by atoms with Crippen molar-refractivity contribution in [2.24, 2.45) is 0 Å². The molecule has 0 spiro atoms. The third-order valence-corrected chi connectivity index (χ3v) is 5.83. The summed E-state index contributed by atoms with van der Waals surface area (Å²) >= 11 is 0. The quantitative estimate of drug-likeness (QED) is 0.472. The average molecular weight is 377 g/mol. The maximum Gasteiger partial charge on any atom is 0.258 e. The molecule has 7 nitrogen and oxygen atoms in total. The van der Waals surface area contributed by atoms with Crippen LogP contribution in [-0.2, 0) is 29.9 Å². The molecule has 0 fully saturated rings. The molecule has 7 heteroatoms. The molecular weight excluding hydrogens is 358 g/mol. The maximum absolute atomic E-state index is 13.1. The summed E-state index contributed by atoms with van der Waals surface area (Å²) in [5.74, 6) is -0.0856. The van der Waals surface area contributed by atoms with Crippen molar-refractivity contribution >= 4 is 16.8 Å². The van der Waals surface area contributed by atoms with Crippen LogP contribution in [0.3, 0.4) is 0 Å². The van der Waals surface area contributed by atoms with Gasteiger partial charge in [0.15, 0.2) is 5.60 Å². The fraction of sp³-hybridized carbons (Fsp3) is 0.286. The second-order valence-electron chi connectivity index (χ2n) is 7.48. The van der Waals surface area contributed by atoms with E-state index in [4.69, 9.17) is 15.1 Å². The number of hydrogen-bond acceptors (Lipinski definition) is 6. The van der Waals surface area contributed by atoms with Crippen molar-refractivity contribution < 1.29 is 14.9 Å². The van der Waals surface area contributed by atoms with Crippen LogP contribution in [0, 0.1) is 5.41 Å². The number of aromatic hydroxyl groups is 1. The number of phenols is 1. The number of nitrogens with zero attached hydrogens (tertiary/aromatic N) is 2. The molecule has 28 heavy (non-hydrogen) atoms. The number of aromatic nitrogens is 2. The summed E-state index contributed by atoms with van der Waals surface area (Å²) in [4.78, 5) is 17.9. The third-order valence-electron chi connectivity index (χ3n) is 5.83. The van der Waals surface area contributed by atoms with Crippen LogP contribution >= 0.6 is 0 Å². The summed E-state index contributed by atoms with van der Waals surface area (Å²) < 4.78 is 6.89. The van der Waals surface area contributed by atoms with Gasteiger partial charge in [0.25, 0.3) is 5.56 Å². The number of aliphatic hydroxyl groups is 1. The molecular formula is C21H19N3O4. The molecule has 2 aliphatic heterocycles. The molecule has 0 amide bonds. The molecule has 4 heterocycles. The van der Waals surface area contributed by atoms with Crippen LogP contribution in [0.2, 0.25) is 0 Å². The van der Waals surface area contributed by atoms with Gasteiger partial charge in [-0.1, -0.05) is 6.92 Å². The Kier molecular flexibility index (Phi) is 3.28. The van der Waals surface area contributed by atoms with E-state index in [0.29, 0.717) is 29.1 Å². The van der Waals surface area contributed by atoms with Gasteiger partial charge in [0.2, 0.25) is 5.90 Å². The number of ether oxygens (including phenoxy) is 1. The first kappa shape index (κ1) is 16.9. The Morgan fingerprint density at radius 3 is 2.86 bits per heavy atom. The Labute approximate surface area is 160 Å². The van der Waals surface area contributed by atoms with Crippen molar-refractivity contribution in [2.45, 2.75) is 39.0 Å². The molecule has 1 atom stereocenters. The Morgan fingerprint density at radius 2 is 2.11 bits per heavy atom. The number of phenolic OH excluding ortho intramolecular Hbond substituents is 1. The summed E-state index contributed by atoms with van der Waals surface area (Å²) in [6, 6.07) is 6.83. The number of hydrogen-bond donors (Lipinski definition) is 3. The summed E-state index contributed by atoms with van der Waals surface area (Å²) in [5, 5.41) is 29.4. The van der Waals surface area contributed by atoms with E-state index in [1.54, 1.807) is 28.8 Å². The van der Waals surface area contributed by atoms with Crippen molar-refractivity contribution in [3.63, 3.8) is 0 Å². The van der Waals surface area contributed by atoms with E-state index in [1.165, 1.54) is 6.92 Å². The highest BCUT2D eigenvalue weighted by Gasteiger charge is 2.40. The van der Waals surface area contributed by atoms with Crippen molar-refractivity contribution in [1.29, 1.82) is 5.41 Å². The van der Waals surface area contributed by atoms with E-state index >= 15 is 0 Å². The predicted octanol–water partition coefficient (Wildman–Crippen LogP) is 2.41. The minimum absolute atomic E-state index is 0.0241. The zero-order valence-corrected chi connectivity index (χ0v) is 15.5. The van der Waals surface area contributed by atoms with Crippen LogP contribution in [0.15, 0.2) is 29.1 Å². The summed E-state index contributed by atoms with van der Waals surface area (Å²) in [6.07, 6.45) is 0.735. The Hall–Kier alpha value is -3.19. The Morgan fingerprint density at radius 1 is 1.32 bits per heavy atom. The minimum atomic E-state index is -1.65. The standard InChI is InChI=1S/C21H19N3O4/c1-3-11-12-6-10(25)4-5-16(12)23-18-13(11)8-24-17(18)7-15-14(19(24)26)9-28-20(22)21(15,2)27/h4-7,22,25,27H,3,8-9H2,1-2H3/t21-/m0/s1. The van der Waals surface area contributed by atoms with E-state index < -0.39 is 5.60 Å². The third kappa shape index (κ3) is 2.05. The van der Waals surface area contributed by atoms with E-state index in [9.17, 15) is 15.0 Å². The second-order valence-corrected chi connectivity index (χ2v) is 7.48. The zero-order chi connectivity index (χ0) is 19.8. The van der Waals surface area contributed by atoms with E-state index in [1.807, 2.05) is 6.92 Å². The summed E-state index contributed by atoms with van der Waals surface area (Å²) in [6.45, 7) is 3.87. The van der Waals surface area contributed by atoms with Gasteiger partial charge < -0.3 is 19.5 Å². The summed E-state index contributed by atoms with van der Waals surface area (Å²) in [5.41, 5.74) is 2.99. The largest absolute Gasteiger partial charge is 0.508 e. The molecule has 3 N–H and O–H groups in total. The van der Waals surface area contributed by atoms with Gasteiger partial charge in [-0.3, -0.25) is 10.2 Å². The van der Waals surface area contributed by atoms with Crippen molar-refractivity contribution in [3.8, 4) is 17.1 Å². The molecule has 2 aromatic heterocycles. The van der Waals surface area contributed by atoms with Crippen molar-refractivity contribution in [3.05, 3.63) is 56.9 Å². The predicted molar refractivity (Wildman–Crippen MR) is 104 cm³/mol. The SMILES string of the molecule is CCc1c2c(nc3ccc(O)cc13)-c1cc3c(c(=O)n1C2)COC(=N)[C@@]3(C)O. The lowest BCUT2D eigenvalue weighted by molar-refractivity contribution is 0.0730. The molecule has 3 aromatic rings. The van der Waals surface area contributed by atoms with Gasteiger partial charge in [-0.25, -0.2) is 4.98 Å². The van der Waals surface area contributed by atoms with E-state index in [2.05, 4.69) is 0 Å². The summed E-state index contributed by atoms with van der Waals surface area (Å²) in [7, 11) is 0. The average Bonchev–Trinajstić information content (AvgIpc) is 3.02. The monoisotopic (exact) mass is 377 g/mol. The first-order valence-electron chi connectivity index (χ1n) is 9.19. The Bertz CT molecular complexity index is 1260. The topological polar surface area (TPSA) is 108 Å². The molecule has 0 saturated carbocycles. The minimum Gasteiger partial charge on any atom is -0.508 e. The van der Waals surface area contributed by atoms with Crippen LogP contribution in [0.4, 0.5) is 0 Å². The van der Waals surface area contributed by atoms with Gasteiger partial charge in [-0.2, -0.15) is 0 Å². The highest BCUT2D eigenvalue weighted by Crippen LogP contribution is 2.39. The van der Waals surface area contributed by atoms with Crippen LogP contribution < -0.4 is 5.56 Å². The second kappa shape index (κ2) is 5.42.